The van der Waals surface area contributed by atoms with Crippen molar-refractivity contribution in [3.63, 3.8) is 0 Å². The normalized spacial score (nSPS) is 22.4. The molecule has 0 heterocycles. The lowest BCUT2D eigenvalue weighted by Gasteiger charge is -2.36. The highest BCUT2D eigenvalue weighted by Gasteiger charge is 2.41. The van der Waals surface area contributed by atoms with E-state index in [0.29, 0.717) is 16.2 Å². The lowest BCUT2D eigenvalue weighted by molar-refractivity contribution is 0.339. The van der Waals surface area contributed by atoms with E-state index >= 15 is 0 Å². The van der Waals surface area contributed by atoms with E-state index in [1.165, 1.54) is 12.8 Å². The molecule has 0 N–H and O–H groups in total. The third-order valence-corrected chi connectivity index (χ3v) is 3.63. The van der Waals surface area contributed by atoms with Crippen molar-refractivity contribution in [3.05, 3.63) is 11.1 Å². The van der Waals surface area contributed by atoms with Gasteiger partial charge in [-0.3, -0.25) is 0 Å². The Hall–Kier alpha value is -0.260. The van der Waals surface area contributed by atoms with Crippen molar-refractivity contribution in [1.29, 1.82) is 0 Å². The second-order valence-corrected chi connectivity index (χ2v) is 7.74. The molecule has 0 aromatic rings. The largest absolute Gasteiger partial charge is 0.0645 e. The van der Waals surface area contributed by atoms with Gasteiger partial charge in [-0.05, 0) is 29.1 Å². The van der Waals surface area contributed by atoms with Crippen LogP contribution in [0.15, 0.2) is 11.1 Å². The average molecular weight is 208 g/mol. The molecule has 0 fully saturated rings. The van der Waals surface area contributed by atoms with Crippen LogP contribution < -0.4 is 0 Å². The fourth-order valence-corrected chi connectivity index (χ4v) is 3.31. The summed E-state index contributed by atoms with van der Waals surface area (Å²) in [5.41, 5.74) is 4.49. The third-order valence-electron chi connectivity index (χ3n) is 3.63. The van der Waals surface area contributed by atoms with Gasteiger partial charge in [0, 0.05) is 0 Å². The number of hydrogen-bond acceptors (Lipinski definition) is 0. The summed E-state index contributed by atoms with van der Waals surface area (Å²) < 4.78 is 0. The Morgan fingerprint density at radius 3 is 1.60 bits per heavy atom. The molecule has 1 rings (SSSR count). The van der Waals surface area contributed by atoms with Gasteiger partial charge in [0.15, 0.2) is 0 Å². The maximum atomic E-state index is 2.41. The molecule has 0 bridgehead atoms. The van der Waals surface area contributed by atoms with Gasteiger partial charge in [-0.2, -0.15) is 0 Å². The first-order valence-corrected chi connectivity index (χ1v) is 6.21. The summed E-state index contributed by atoms with van der Waals surface area (Å²) in [6.07, 6.45) is 2.62. The molecule has 0 atom stereocenters. The van der Waals surface area contributed by atoms with E-state index in [0.717, 1.165) is 0 Å². The van der Waals surface area contributed by atoms with Crippen LogP contribution in [0.4, 0.5) is 0 Å². The first-order valence-electron chi connectivity index (χ1n) is 6.21. The Kier molecular flexibility index (Phi) is 2.87. The van der Waals surface area contributed by atoms with Crippen molar-refractivity contribution < 1.29 is 0 Å². The van der Waals surface area contributed by atoms with Gasteiger partial charge in [-0.15, -0.1) is 0 Å². The second-order valence-electron chi connectivity index (χ2n) is 7.74. The van der Waals surface area contributed by atoms with Gasteiger partial charge in [0.25, 0.3) is 0 Å². The van der Waals surface area contributed by atoms with Crippen LogP contribution in [0.25, 0.3) is 0 Å². The fraction of sp³-hybridized carbons (Fsp3) is 0.867. The Labute approximate surface area is 96.2 Å². The number of allylic oxidation sites excluding steroid dienone is 2. The van der Waals surface area contributed by atoms with E-state index in [1.807, 2.05) is 0 Å². The molecule has 0 amide bonds. The highest BCUT2D eigenvalue weighted by molar-refractivity contribution is 5.34. The van der Waals surface area contributed by atoms with Crippen molar-refractivity contribution in [3.8, 4) is 0 Å². The van der Waals surface area contributed by atoms with E-state index in [-0.39, 0.29) is 0 Å². The summed E-state index contributed by atoms with van der Waals surface area (Å²) in [7, 11) is 0. The molecule has 0 saturated heterocycles. The standard InChI is InChI=1S/C15H28/c1-13(2,3)11-9-10-15(7,8)12(11)14(4,5)6/h9-10H2,1-8H3. The zero-order valence-electron chi connectivity index (χ0n) is 11.9. The monoisotopic (exact) mass is 208 g/mol. The van der Waals surface area contributed by atoms with E-state index in [1.54, 1.807) is 11.1 Å². The van der Waals surface area contributed by atoms with Crippen LogP contribution in [0.3, 0.4) is 0 Å². The molecular formula is C15H28. The van der Waals surface area contributed by atoms with Crippen LogP contribution in [-0.2, 0) is 0 Å². The topological polar surface area (TPSA) is 0 Å². The van der Waals surface area contributed by atoms with Crippen molar-refractivity contribution in [2.75, 3.05) is 0 Å². The maximum Gasteiger partial charge on any atom is -0.0134 e. The summed E-state index contributed by atoms with van der Waals surface area (Å²) in [4.78, 5) is 0. The van der Waals surface area contributed by atoms with Crippen molar-refractivity contribution in [2.45, 2.75) is 68.2 Å². The first-order chi connectivity index (χ1) is 6.46. The molecule has 15 heavy (non-hydrogen) atoms. The molecule has 0 unspecified atom stereocenters. The minimum atomic E-state index is 0.322. The van der Waals surface area contributed by atoms with E-state index in [4.69, 9.17) is 0 Å². The van der Waals surface area contributed by atoms with E-state index in [9.17, 15) is 0 Å². The fourth-order valence-electron chi connectivity index (χ4n) is 3.31. The summed E-state index contributed by atoms with van der Waals surface area (Å²) in [6, 6.07) is 0. The molecular weight excluding hydrogens is 180 g/mol. The van der Waals surface area contributed by atoms with Crippen molar-refractivity contribution in [2.24, 2.45) is 16.2 Å². The Balaban J connectivity index is 3.31. The lowest BCUT2D eigenvalue weighted by atomic mass is 9.69. The predicted molar refractivity (Wildman–Crippen MR) is 69.0 cm³/mol. The highest BCUT2D eigenvalue weighted by atomic mass is 14.5. The van der Waals surface area contributed by atoms with Gasteiger partial charge >= 0.3 is 0 Å². The highest BCUT2D eigenvalue weighted by Crippen LogP contribution is 2.54. The van der Waals surface area contributed by atoms with Gasteiger partial charge in [0.1, 0.15) is 0 Å². The quantitative estimate of drug-likeness (QED) is 0.480. The molecule has 0 aromatic carbocycles. The summed E-state index contributed by atoms with van der Waals surface area (Å²) >= 11 is 0. The molecule has 0 saturated carbocycles. The van der Waals surface area contributed by atoms with Crippen LogP contribution in [0.5, 0.6) is 0 Å². The Morgan fingerprint density at radius 2 is 1.33 bits per heavy atom. The van der Waals surface area contributed by atoms with Crippen LogP contribution in [0.1, 0.15) is 68.2 Å². The summed E-state index contributed by atoms with van der Waals surface area (Å²) in [6.45, 7) is 19.0. The van der Waals surface area contributed by atoms with Gasteiger partial charge < -0.3 is 0 Å². The van der Waals surface area contributed by atoms with Gasteiger partial charge in [0.2, 0.25) is 0 Å². The molecule has 0 aromatic heterocycles. The Morgan fingerprint density at radius 1 is 0.867 bits per heavy atom. The lowest BCUT2D eigenvalue weighted by Crippen LogP contribution is -2.24. The minimum absolute atomic E-state index is 0.322. The number of hydrogen-bond donors (Lipinski definition) is 0. The van der Waals surface area contributed by atoms with Crippen molar-refractivity contribution >= 4 is 0 Å². The molecule has 0 heteroatoms. The molecule has 0 radical (unpaired) electrons. The van der Waals surface area contributed by atoms with E-state index in [2.05, 4.69) is 55.4 Å². The van der Waals surface area contributed by atoms with Gasteiger partial charge in [0.05, 0.1) is 0 Å². The summed E-state index contributed by atoms with van der Waals surface area (Å²) in [5, 5.41) is 0. The predicted octanol–water partition coefficient (Wildman–Crippen LogP) is 5.20. The Bertz CT molecular complexity index is 276. The van der Waals surface area contributed by atoms with Crippen LogP contribution in [0.2, 0.25) is 0 Å². The van der Waals surface area contributed by atoms with Crippen LogP contribution in [0, 0.1) is 16.2 Å². The molecule has 0 nitrogen and oxygen atoms in total. The maximum absolute atomic E-state index is 2.41. The SMILES string of the molecule is CC(C)(C)C1=C(C(C)(C)C)C(C)(C)CC1. The average Bonchev–Trinajstić information content (AvgIpc) is 2.21. The molecule has 0 aliphatic heterocycles. The van der Waals surface area contributed by atoms with E-state index < -0.39 is 0 Å². The molecule has 1 aliphatic rings. The molecule has 88 valence electrons. The smallest absolute Gasteiger partial charge is 0.0134 e. The minimum Gasteiger partial charge on any atom is -0.0645 e. The zero-order valence-corrected chi connectivity index (χ0v) is 11.9. The zero-order chi connectivity index (χ0) is 12.1. The molecule has 1 aliphatic carbocycles. The second kappa shape index (κ2) is 3.37. The summed E-state index contributed by atoms with van der Waals surface area (Å²) in [5.74, 6) is 0. The number of rotatable bonds is 0. The van der Waals surface area contributed by atoms with Gasteiger partial charge in [-0.25, -0.2) is 0 Å². The first kappa shape index (κ1) is 12.8. The van der Waals surface area contributed by atoms with Crippen LogP contribution in [-0.4, -0.2) is 0 Å². The van der Waals surface area contributed by atoms with Gasteiger partial charge in [-0.1, -0.05) is 66.5 Å². The van der Waals surface area contributed by atoms with Crippen molar-refractivity contribution in [1.82, 2.24) is 0 Å². The molecule has 0 spiro atoms. The third kappa shape index (κ3) is 2.46. The van der Waals surface area contributed by atoms with Crippen LogP contribution >= 0.6 is 0 Å².